The third-order valence-corrected chi connectivity index (χ3v) is 5.17. The average Bonchev–Trinajstić information content (AvgIpc) is 2.71. The lowest BCUT2D eigenvalue weighted by Gasteiger charge is -2.33. The van der Waals surface area contributed by atoms with Crippen LogP contribution < -0.4 is 14.4 Å². The maximum absolute atomic E-state index is 14.7. The van der Waals surface area contributed by atoms with Gasteiger partial charge in [-0.15, -0.1) is 0 Å². The molecule has 27 heavy (non-hydrogen) atoms. The highest BCUT2D eigenvalue weighted by molar-refractivity contribution is 9.09. The number of halogens is 2. The number of hydrogen-bond acceptors (Lipinski definition) is 3. The first-order valence-electron chi connectivity index (χ1n) is 9.29. The van der Waals surface area contributed by atoms with Crippen molar-refractivity contribution in [1.29, 1.82) is 0 Å². The van der Waals surface area contributed by atoms with Crippen LogP contribution in [0.3, 0.4) is 0 Å². The van der Waals surface area contributed by atoms with Crippen molar-refractivity contribution in [2.45, 2.75) is 19.8 Å². The molecule has 0 atom stereocenters. The van der Waals surface area contributed by atoms with Gasteiger partial charge in [0.25, 0.3) is 0 Å². The van der Waals surface area contributed by atoms with Crippen molar-refractivity contribution in [3.63, 3.8) is 0 Å². The van der Waals surface area contributed by atoms with Crippen molar-refractivity contribution in [3.05, 3.63) is 53.3 Å². The van der Waals surface area contributed by atoms with Crippen LogP contribution in [0.1, 0.15) is 30.9 Å². The molecular weight excluding hydrogens is 409 g/mol. The van der Waals surface area contributed by atoms with E-state index in [-0.39, 0.29) is 5.82 Å². The summed E-state index contributed by atoms with van der Waals surface area (Å²) < 4.78 is 25.9. The van der Waals surface area contributed by atoms with Gasteiger partial charge < -0.3 is 14.4 Å². The molecule has 0 fully saturated rings. The van der Waals surface area contributed by atoms with Gasteiger partial charge in [-0.1, -0.05) is 35.0 Å². The lowest BCUT2D eigenvalue weighted by atomic mass is 9.96. The molecule has 0 spiro atoms. The number of fused-ring (bicyclic) bond motifs is 1. The Morgan fingerprint density at radius 3 is 2.59 bits per heavy atom. The van der Waals surface area contributed by atoms with E-state index < -0.39 is 0 Å². The van der Waals surface area contributed by atoms with Gasteiger partial charge in [0, 0.05) is 24.0 Å². The average molecular weight is 434 g/mol. The van der Waals surface area contributed by atoms with Crippen LogP contribution in [0.5, 0.6) is 11.5 Å². The first kappa shape index (κ1) is 19.7. The van der Waals surface area contributed by atoms with Crippen LogP contribution in [-0.4, -0.2) is 32.1 Å². The largest absolute Gasteiger partial charge is 0.497 e. The molecule has 0 bridgehead atoms. The Hall–Kier alpha value is -2.01. The number of nitrogens with zero attached hydrogens (tertiary/aromatic N) is 1. The van der Waals surface area contributed by atoms with Gasteiger partial charge in [-0.2, -0.15) is 0 Å². The molecule has 0 aliphatic carbocycles. The smallest absolute Gasteiger partial charge is 0.143 e. The van der Waals surface area contributed by atoms with Gasteiger partial charge in [0.05, 0.1) is 19.4 Å². The van der Waals surface area contributed by atoms with Crippen molar-refractivity contribution >= 4 is 33.3 Å². The zero-order valence-corrected chi connectivity index (χ0v) is 17.4. The molecule has 0 radical (unpaired) electrons. The second kappa shape index (κ2) is 9.27. The van der Waals surface area contributed by atoms with Gasteiger partial charge in [0.1, 0.15) is 17.3 Å². The number of methoxy groups -OCH3 is 1. The number of ether oxygens (including phenoxy) is 2. The van der Waals surface area contributed by atoms with E-state index in [1.54, 1.807) is 13.2 Å². The van der Waals surface area contributed by atoms with Crippen molar-refractivity contribution in [2.24, 2.45) is 0 Å². The summed E-state index contributed by atoms with van der Waals surface area (Å²) in [5, 5.41) is 0.904. The summed E-state index contributed by atoms with van der Waals surface area (Å²) in [4.78, 5) is 2.23. The van der Waals surface area contributed by atoms with Crippen molar-refractivity contribution < 1.29 is 13.9 Å². The van der Waals surface area contributed by atoms with Crippen LogP contribution in [0.4, 0.5) is 10.1 Å². The summed E-state index contributed by atoms with van der Waals surface area (Å²) in [6, 6.07) is 11.2. The summed E-state index contributed by atoms with van der Waals surface area (Å²) in [5.41, 5.74) is 3.63. The molecule has 0 saturated heterocycles. The van der Waals surface area contributed by atoms with Gasteiger partial charge in [-0.3, -0.25) is 0 Å². The fourth-order valence-electron chi connectivity index (χ4n) is 3.28. The zero-order valence-electron chi connectivity index (χ0n) is 15.8. The minimum atomic E-state index is -0.219. The maximum atomic E-state index is 14.7. The first-order valence-corrected chi connectivity index (χ1v) is 10.4. The number of rotatable bonds is 8. The fraction of sp³-hybridized carbons (Fsp3) is 0.364. The van der Waals surface area contributed by atoms with Crippen LogP contribution in [0.2, 0.25) is 0 Å². The molecule has 3 nitrogen and oxygen atoms in total. The molecule has 2 aromatic carbocycles. The molecule has 3 rings (SSSR count). The van der Waals surface area contributed by atoms with Crippen molar-refractivity contribution in [2.75, 3.05) is 37.0 Å². The van der Waals surface area contributed by atoms with E-state index in [1.807, 2.05) is 30.3 Å². The summed E-state index contributed by atoms with van der Waals surface area (Å²) in [5.74, 6) is 1.35. The van der Waals surface area contributed by atoms with Gasteiger partial charge in [-0.05, 0) is 54.3 Å². The van der Waals surface area contributed by atoms with Crippen LogP contribution in [0.15, 0.2) is 36.4 Å². The number of benzene rings is 2. The summed E-state index contributed by atoms with van der Waals surface area (Å²) in [6.07, 6.45) is 3.84. The molecule has 0 saturated carbocycles. The summed E-state index contributed by atoms with van der Waals surface area (Å²) in [7, 11) is 1.65. The van der Waals surface area contributed by atoms with Crippen LogP contribution in [-0.2, 0) is 0 Å². The van der Waals surface area contributed by atoms with Crippen molar-refractivity contribution in [3.8, 4) is 11.5 Å². The Bertz CT molecular complexity index is 805. The normalized spacial score (nSPS) is 13.2. The third kappa shape index (κ3) is 4.46. The molecule has 1 aliphatic heterocycles. The monoisotopic (exact) mass is 433 g/mol. The predicted molar refractivity (Wildman–Crippen MR) is 114 cm³/mol. The lowest BCUT2D eigenvalue weighted by molar-refractivity contribution is 0.317. The Morgan fingerprint density at radius 1 is 1.15 bits per heavy atom. The minimum Gasteiger partial charge on any atom is -0.497 e. The van der Waals surface area contributed by atoms with Gasteiger partial charge >= 0.3 is 0 Å². The lowest BCUT2D eigenvalue weighted by Crippen LogP contribution is -2.30. The van der Waals surface area contributed by atoms with Gasteiger partial charge in [-0.25, -0.2) is 4.39 Å². The highest BCUT2D eigenvalue weighted by Crippen LogP contribution is 2.41. The maximum Gasteiger partial charge on any atom is 0.143 e. The van der Waals surface area contributed by atoms with Crippen molar-refractivity contribution in [1.82, 2.24) is 0 Å². The summed E-state index contributed by atoms with van der Waals surface area (Å²) >= 11 is 3.51. The summed E-state index contributed by atoms with van der Waals surface area (Å²) in [6.45, 7) is 4.25. The highest BCUT2D eigenvalue weighted by Gasteiger charge is 2.25. The van der Waals surface area contributed by atoms with E-state index in [4.69, 9.17) is 9.47 Å². The molecule has 0 aromatic heterocycles. The molecule has 0 unspecified atom stereocenters. The standard InChI is InChI=1S/C22H25BrFNO2/c1-3-13-27-21-10-9-20(24)19-14-17(15-25(22(19)21)12-4-11-23)16-5-7-18(26-2)8-6-16/h5-10,14H,3-4,11-13,15H2,1-2H3. The molecule has 1 aliphatic rings. The Balaban J connectivity index is 2.04. The van der Waals surface area contributed by atoms with Crippen LogP contribution >= 0.6 is 15.9 Å². The predicted octanol–water partition coefficient (Wildman–Crippen LogP) is 5.77. The van der Waals surface area contributed by atoms with Gasteiger partial charge in [0.2, 0.25) is 0 Å². The van der Waals surface area contributed by atoms with E-state index in [2.05, 4.69) is 27.8 Å². The SMILES string of the molecule is CCCOc1ccc(F)c2c1N(CCCBr)CC(c1ccc(OC)cc1)=C2. The Morgan fingerprint density at radius 2 is 1.93 bits per heavy atom. The van der Waals surface area contributed by atoms with Crippen LogP contribution in [0, 0.1) is 5.82 Å². The molecule has 0 N–H and O–H groups in total. The Kier molecular flexibility index (Phi) is 6.78. The molecule has 2 aromatic rings. The zero-order chi connectivity index (χ0) is 19.2. The highest BCUT2D eigenvalue weighted by atomic mass is 79.9. The minimum absolute atomic E-state index is 0.219. The Labute approximate surface area is 168 Å². The van der Waals surface area contributed by atoms with E-state index in [0.717, 1.165) is 59.6 Å². The number of anilines is 1. The first-order chi connectivity index (χ1) is 13.2. The molecular formula is C22H25BrFNO2. The second-order valence-corrected chi connectivity index (χ2v) is 7.31. The molecule has 0 amide bonds. The topological polar surface area (TPSA) is 21.7 Å². The van der Waals surface area contributed by atoms with E-state index in [9.17, 15) is 4.39 Å². The van der Waals surface area contributed by atoms with Gasteiger partial charge in [0.15, 0.2) is 0 Å². The van der Waals surface area contributed by atoms with E-state index in [0.29, 0.717) is 12.2 Å². The molecule has 5 heteroatoms. The van der Waals surface area contributed by atoms with E-state index >= 15 is 0 Å². The molecule has 144 valence electrons. The van der Waals surface area contributed by atoms with Crippen LogP contribution in [0.25, 0.3) is 11.6 Å². The second-order valence-electron chi connectivity index (χ2n) is 6.52. The van der Waals surface area contributed by atoms with E-state index in [1.165, 1.54) is 6.07 Å². The number of hydrogen-bond donors (Lipinski definition) is 0. The molecule has 1 heterocycles. The third-order valence-electron chi connectivity index (χ3n) is 4.61. The number of alkyl halides is 1. The quantitative estimate of drug-likeness (QED) is 0.493. The fourth-order valence-corrected chi connectivity index (χ4v) is 3.53.